The van der Waals surface area contributed by atoms with Gasteiger partial charge in [0, 0.05) is 0 Å². The van der Waals surface area contributed by atoms with Crippen molar-refractivity contribution in [1.82, 2.24) is 0 Å². The monoisotopic (exact) mass is 226 g/mol. The lowest BCUT2D eigenvalue weighted by molar-refractivity contribution is -0.157. The van der Waals surface area contributed by atoms with Gasteiger partial charge in [-0.25, -0.2) is 4.79 Å². The highest BCUT2D eigenvalue weighted by Crippen LogP contribution is 2.09. The van der Waals surface area contributed by atoms with Gasteiger partial charge in [0.05, 0.1) is 6.61 Å². The van der Waals surface area contributed by atoms with Gasteiger partial charge in [-0.05, 0) is 26.7 Å². The Balaban J connectivity index is 3.92. The van der Waals surface area contributed by atoms with Gasteiger partial charge in [-0.3, -0.25) is 0 Å². The number of carbonyl (C=O) groups is 1. The predicted octanol–water partition coefficient (Wildman–Crippen LogP) is 2.54. The molecule has 0 saturated heterocycles. The number of rotatable bonds is 8. The van der Waals surface area contributed by atoms with Gasteiger partial charge >= 0.3 is 5.97 Å². The molecule has 0 aromatic heterocycles. The summed E-state index contributed by atoms with van der Waals surface area (Å²) < 4.78 is 10.3. The third-order valence-corrected chi connectivity index (χ3v) is 2.24. The molecule has 0 aromatic carbocycles. The Labute approximate surface area is 98.5 Å². The molecule has 92 valence electrons. The minimum Gasteiger partial charge on any atom is -0.464 e. The standard InChI is InChI=1S/C13H22O3/c1-5-8-9-10-12(6-2)16-11(4)13(14)15-7-3/h2,11-12H,5,7-10H2,1,3-4H3/t11-,12?/m1/s1. The molecule has 0 amide bonds. The van der Waals surface area contributed by atoms with Crippen molar-refractivity contribution >= 4 is 5.97 Å². The quantitative estimate of drug-likeness (QED) is 0.362. The molecule has 0 fully saturated rings. The van der Waals surface area contributed by atoms with E-state index in [0.717, 1.165) is 25.7 Å². The molecule has 3 heteroatoms. The van der Waals surface area contributed by atoms with Crippen LogP contribution >= 0.6 is 0 Å². The second-order valence-corrected chi connectivity index (χ2v) is 3.68. The molecule has 0 bridgehead atoms. The average Bonchev–Trinajstić information content (AvgIpc) is 2.28. The highest BCUT2D eigenvalue weighted by Gasteiger charge is 2.18. The van der Waals surface area contributed by atoms with Crippen molar-refractivity contribution in [3.63, 3.8) is 0 Å². The molecule has 1 unspecified atom stereocenters. The molecule has 0 aliphatic rings. The highest BCUT2D eigenvalue weighted by atomic mass is 16.6. The first-order valence-corrected chi connectivity index (χ1v) is 5.93. The third kappa shape index (κ3) is 6.47. The number of ether oxygens (including phenoxy) is 2. The van der Waals surface area contributed by atoms with E-state index < -0.39 is 6.10 Å². The first kappa shape index (κ1) is 15.0. The molecule has 0 heterocycles. The Hall–Kier alpha value is -1.01. The van der Waals surface area contributed by atoms with Crippen LogP contribution in [0.25, 0.3) is 0 Å². The van der Waals surface area contributed by atoms with Crippen LogP contribution in [0.2, 0.25) is 0 Å². The zero-order valence-electron chi connectivity index (χ0n) is 10.5. The third-order valence-electron chi connectivity index (χ3n) is 2.24. The van der Waals surface area contributed by atoms with Crippen LogP contribution in [0.3, 0.4) is 0 Å². The van der Waals surface area contributed by atoms with E-state index >= 15 is 0 Å². The van der Waals surface area contributed by atoms with Crippen LogP contribution in [0.1, 0.15) is 46.5 Å². The molecule has 2 atom stereocenters. The molecular weight excluding hydrogens is 204 g/mol. The molecular formula is C13H22O3. The summed E-state index contributed by atoms with van der Waals surface area (Å²) in [6.45, 7) is 5.93. The van der Waals surface area contributed by atoms with Crippen LogP contribution in [0.4, 0.5) is 0 Å². The Morgan fingerprint density at radius 2 is 2.06 bits per heavy atom. The van der Waals surface area contributed by atoms with E-state index in [9.17, 15) is 4.79 Å². The van der Waals surface area contributed by atoms with Gasteiger partial charge < -0.3 is 9.47 Å². The van der Waals surface area contributed by atoms with Crippen molar-refractivity contribution in [1.29, 1.82) is 0 Å². The Kier molecular flexibility index (Phi) is 8.65. The van der Waals surface area contributed by atoms with Crippen molar-refractivity contribution in [2.45, 2.75) is 58.7 Å². The first-order chi connectivity index (χ1) is 7.65. The maximum atomic E-state index is 11.3. The molecule has 0 aliphatic heterocycles. The minimum atomic E-state index is -0.581. The molecule has 0 rings (SSSR count). The summed E-state index contributed by atoms with van der Waals surface area (Å²) in [7, 11) is 0. The molecule has 0 spiro atoms. The van der Waals surface area contributed by atoms with E-state index in [1.807, 2.05) is 0 Å². The van der Waals surface area contributed by atoms with Crippen molar-refractivity contribution in [2.24, 2.45) is 0 Å². The van der Waals surface area contributed by atoms with Gasteiger partial charge in [0.1, 0.15) is 6.10 Å². The van der Waals surface area contributed by atoms with Gasteiger partial charge in [-0.15, -0.1) is 6.42 Å². The van der Waals surface area contributed by atoms with E-state index in [4.69, 9.17) is 15.9 Å². The number of terminal acetylenes is 1. The maximum Gasteiger partial charge on any atom is 0.335 e. The van der Waals surface area contributed by atoms with Crippen LogP contribution < -0.4 is 0 Å². The van der Waals surface area contributed by atoms with E-state index in [-0.39, 0.29) is 12.1 Å². The second kappa shape index (κ2) is 9.23. The van der Waals surface area contributed by atoms with E-state index in [0.29, 0.717) is 6.61 Å². The highest BCUT2D eigenvalue weighted by molar-refractivity contribution is 5.74. The zero-order chi connectivity index (χ0) is 12.4. The van der Waals surface area contributed by atoms with Gasteiger partial charge in [0.15, 0.2) is 6.10 Å². The number of unbranched alkanes of at least 4 members (excludes halogenated alkanes) is 2. The normalized spacial score (nSPS) is 13.9. The summed E-state index contributed by atoms with van der Waals surface area (Å²) in [5.41, 5.74) is 0. The smallest absolute Gasteiger partial charge is 0.335 e. The number of hydrogen-bond donors (Lipinski definition) is 0. The second-order valence-electron chi connectivity index (χ2n) is 3.68. The predicted molar refractivity (Wildman–Crippen MR) is 63.9 cm³/mol. The van der Waals surface area contributed by atoms with Crippen LogP contribution in [0.5, 0.6) is 0 Å². The fraction of sp³-hybridized carbons (Fsp3) is 0.769. The fourth-order valence-corrected chi connectivity index (χ4v) is 1.33. The molecule has 0 aromatic rings. The van der Waals surface area contributed by atoms with Crippen LogP contribution in [0, 0.1) is 12.3 Å². The number of esters is 1. The molecule has 0 saturated carbocycles. The van der Waals surface area contributed by atoms with Crippen molar-refractivity contribution < 1.29 is 14.3 Å². The Morgan fingerprint density at radius 1 is 1.38 bits per heavy atom. The molecule has 0 aliphatic carbocycles. The lowest BCUT2D eigenvalue weighted by Crippen LogP contribution is -2.28. The van der Waals surface area contributed by atoms with Gasteiger partial charge in [-0.1, -0.05) is 25.7 Å². The van der Waals surface area contributed by atoms with E-state index in [2.05, 4.69) is 12.8 Å². The van der Waals surface area contributed by atoms with E-state index in [1.165, 1.54) is 0 Å². The van der Waals surface area contributed by atoms with E-state index in [1.54, 1.807) is 13.8 Å². The maximum absolute atomic E-state index is 11.3. The SMILES string of the molecule is C#CC(CCCCC)O[C@H](C)C(=O)OCC. The number of carbonyl (C=O) groups excluding carboxylic acids is 1. The lowest BCUT2D eigenvalue weighted by atomic mass is 10.1. The van der Waals surface area contributed by atoms with Gasteiger partial charge in [0.25, 0.3) is 0 Å². The van der Waals surface area contributed by atoms with Gasteiger partial charge in [0.2, 0.25) is 0 Å². The summed E-state index contributed by atoms with van der Waals surface area (Å²) >= 11 is 0. The fourth-order valence-electron chi connectivity index (χ4n) is 1.33. The van der Waals surface area contributed by atoms with Gasteiger partial charge in [-0.2, -0.15) is 0 Å². The van der Waals surface area contributed by atoms with Crippen LogP contribution in [-0.4, -0.2) is 24.8 Å². The lowest BCUT2D eigenvalue weighted by Gasteiger charge is -2.17. The summed E-state index contributed by atoms with van der Waals surface area (Å²) in [5, 5.41) is 0. The van der Waals surface area contributed by atoms with Crippen LogP contribution in [-0.2, 0) is 14.3 Å². The number of hydrogen-bond acceptors (Lipinski definition) is 3. The molecule has 16 heavy (non-hydrogen) atoms. The van der Waals surface area contributed by atoms with Crippen molar-refractivity contribution in [3.8, 4) is 12.3 Å². The summed E-state index contributed by atoms with van der Waals surface area (Å²) in [6, 6.07) is 0. The topological polar surface area (TPSA) is 35.5 Å². The van der Waals surface area contributed by atoms with Crippen molar-refractivity contribution in [2.75, 3.05) is 6.61 Å². The first-order valence-electron chi connectivity index (χ1n) is 5.93. The molecule has 3 nitrogen and oxygen atoms in total. The van der Waals surface area contributed by atoms with Crippen LogP contribution in [0.15, 0.2) is 0 Å². The average molecular weight is 226 g/mol. The minimum absolute atomic E-state index is 0.286. The Morgan fingerprint density at radius 3 is 2.56 bits per heavy atom. The molecule has 0 N–H and O–H groups in total. The zero-order valence-corrected chi connectivity index (χ0v) is 10.5. The molecule has 0 radical (unpaired) electrons. The summed E-state index contributed by atoms with van der Waals surface area (Å²) in [4.78, 5) is 11.3. The summed E-state index contributed by atoms with van der Waals surface area (Å²) in [6.07, 6.45) is 8.59. The largest absolute Gasteiger partial charge is 0.464 e. The summed E-state index contributed by atoms with van der Waals surface area (Å²) in [5.74, 6) is 2.21. The Bertz CT molecular complexity index is 230. The van der Waals surface area contributed by atoms with Crippen molar-refractivity contribution in [3.05, 3.63) is 0 Å².